The Hall–Kier alpha value is -1.48. The minimum atomic E-state index is -0.310. The summed E-state index contributed by atoms with van der Waals surface area (Å²) in [6.07, 6.45) is 2.42. The molecule has 136 valence electrons. The second-order valence-corrected chi connectivity index (χ2v) is 9.39. The number of carbonyl (C=O) groups excluding carboxylic acids is 2. The van der Waals surface area contributed by atoms with Gasteiger partial charge in [-0.3, -0.25) is 14.5 Å². The van der Waals surface area contributed by atoms with Crippen LogP contribution in [0.25, 0.3) is 0 Å². The molecule has 3 rings (SSSR count). The number of carbonyl (C=O) groups is 2. The highest BCUT2D eigenvalue weighted by atomic mass is 35.5. The minimum absolute atomic E-state index is 0.0858. The van der Waals surface area contributed by atoms with Crippen LogP contribution in [0.5, 0.6) is 0 Å². The lowest BCUT2D eigenvalue weighted by atomic mass is 10.1. The van der Waals surface area contributed by atoms with Crippen molar-refractivity contribution in [2.75, 3.05) is 11.9 Å². The van der Waals surface area contributed by atoms with Crippen LogP contribution in [0.2, 0.25) is 5.02 Å². The maximum absolute atomic E-state index is 12.2. The van der Waals surface area contributed by atoms with Gasteiger partial charge in [0.15, 0.2) is 5.13 Å². The number of aryl methyl sites for hydroxylation is 1. The van der Waals surface area contributed by atoms with Crippen molar-refractivity contribution in [1.82, 2.24) is 9.88 Å². The Labute approximate surface area is 170 Å². The van der Waals surface area contributed by atoms with Crippen LogP contribution >= 0.6 is 46.9 Å². The van der Waals surface area contributed by atoms with Crippen molar-refractivity contribution in [2.45, 2.75) is 25.5 Å². The first-order chi connectivity index (χ1) is 12.3. The van der Waals surface area contributed by atoms with Gasteiger partial charge < -0.3 is 5.32 Å². The lowest BCUT2D eigenvalue weighted by Crippen LogP contribution is -2.37. The minimum Gasteiger partial charge on any atom is -0.300 e. The van der Waals surface area contributed by atoms with E-state index in [0.717, 1.165) is 21.0 Å². The van der Waals surface area contributed by atoms with E-state index in [9.17, 15) is 9.59 Å². The van der Waals surface area contributed by atoms with Crippen LogP contribution in [0.3, 0.4) is 0 Å². The molecular formula is C17H16ClN3O2S3. The van der Waals surface area contributed by atoms with E-state index in [-0.39, 0.29) is 23.6 Å². The largest absolute Gasteiger partial charge is 0.300 e. The predicted molar refractivity (Wildman–Crippen MR) is 111 cm³/mol. The monoisotopic (exact) mass is 425 g/mol. The molecule has 1 aromatic carbocycles. The number of halogens is 1. The summed E-state index contributed by atoms with van der Waals surface area (Å²) in [6, 6.07) is 5.95. The fourth-order valence-corrected chi connectivity index (χ4v) is 4.88. The zero-order valence-electron chi connectivity index (χ0n) is 14.1. The van der Waals surface area contributed by atoms with Crippen LogP contribution < -0.4 is 5.32 Å². The number of anilines is 1. The Morgan fingerprint density at radius 1 is 1.46 bits per heavy atom. The number of benzene rings is 1. The van der Waals surface area contributed by atoms with E-state index in [0.29, 0.717) is 15.9 Å². The highest BCUT2D eigenvalue weighted by Crippen LogP contribution is 2.27. The molecule has 2 heterocycles. The second kappa shape index (κ2) is 8.04. The number of thiocarbonyl (C=S) groups is 1. The van der Waals surface area contributed by atoms with Gasteiger partial charge in [0.2, 0.25) is 11.8 Å². The van der Waals surface area contributed by atoms with Crippen LogP contribution in [0.15, 0.2) is 24.4 Å². The van der Waals surface area contributed by atoms with Gasteiger partial charge in [-0.2, -0.15) is 0 Å². The Balaban J connectivity index is 1.59. The highest BCUT2D eigenvalue weighted by Gasteiger charge is 2.34. The Kier molecular flexibility index (Phi) is 5.96. The third-order valence-corrected chi connectivity index (χ3v) is 6.63. The van der Waals surface area contributed by atoms with Gasteiger partial charge in [-0.05, 0) is 31.0 Å². The van der Waals surface area contributed by atoms with Crippen LogP contribution in [-0.2, 0) is 16.0 Å². The van der Waals surface area contributed by atoms with E-state index in [4.69, 9.17) is 23.8 Å². The molecule has 1 aliphatic heterocycles. The van der Waals surface area contributed by atoms with Crippen molar-refractivity contribution in [1.29, 1.82) is 0 Å². The van der Waals surface area contributed by atoms with Gasteiger partial charge in [-0.25, -0.2) is 4.98 Å². The van der Waals surface area contributed by atoms with Crippen molar-refractivity contribution in [2.24, 2.45) is 0 Å². The molecule has 0 saturated carbocycles. The first-order valence-electron chi connectivity index (χ1n) is 7.85. The summed E-state index contributed by atoms with van der Waals surface area (Å²) in [4.78, 5) is 30.7. The molecule has 2 aromatic rings. The number of rotatable bonds is 5. The Bertz CT molecular complexity index is 884. The topological polar surface area (TPSA) is 62.3 Å². The summed E-state index contributed by atoms with van der Waals surface area (Å²) in [7, 11) is 0. The van der Waals surface area contributed by atoms with E-state index in [1.54, 1.807) is 13.1 Å². The molecule has 0 bridgehead atoms. The number of thioether (sulfide) groups is 1. The van der Waals surface area contributed by atoms with Crippen LogP contribution in [0.1, 0.15) is 22.9 Å². The maximum atomic E-state index is 12.2. The maximum Gasteiger partial charge on any atom is 0.246 e. The lowest BCUT2D eigenvalue weighted by Gasteiger charge is -2.13. The molecular weight excluding hydrogens is 410 g/mol. The van der Waals surface area contributed by atoms with Crippen molar-refractivity contribution in [3.05, 3.63) is 45.4 Å². The van der Waals surface area contributed by atoms with Gasteiger partial charge >= 0.3 is 0 Å². The molecule has 2 amide bonds. The molecule has 1 unspecified atom stereocenters. The van der Waals surface area contributed by atoms with Gasteiger partial charge in [0.1, 0.15) is 10.9 Å². The summed E-state index contributed by atoms with van der Waals surface area (Å²) >= 11 is 14.0. The van der Waals surface area contributed by atoms with E-state index >= 15 is 0 Å². The average Bonchev–Trinajstić information content (AvgIpc) is 3.10. The number of nitrogens with zero attached hydrogens (tertiary/aromatic N) is 2. The zero-order chi connectivity index (χ0) is 18.8. The third kappa shape index (κ3) is 4.43. The average molecular weight is 426 g/mol. The molecule has 9 heteroatoms. The molecule has 1 saturated heterocycles. The van der Waals surface area contributed by atoms with Gasteiger partial charge in [0.05, 0.1) is 5.25 Å². The molecule has 1 aromatic heterocycles. The van der Waals surface area contributed by atoms with Crippen LogP contribution in [0.4, 0.5) is 5.13 Å². The van der Waals surface area contributed by atoms with Gasteiger partial charge in [-0.1, -0.05) is 47.7 Å². The molecule has 1 atom stereocenters. The quantitative estimate of drug-likeness (QED) is 0.736. The summed E-state index contributed by atoms with van der Waals surface area (Å²) in [5.41, 5.74) is 2.12. The Morgan fingerprint density at radius 2 is 2.23 bits per heavy atom. The number of hydrogen-bond donors (Lipinski definition) is 1. The normalized spacial score (nSPS) is 17.0. The Morgan fingerprint density at radius 3 is 2.88 bits per heavy atom. The first-order valence-corrected chi connectivity index (χ1v) is 10.3. The molecule has 5 nitrogen and oxygen atoms in total. The fraction of sp³-hybridized carbons (Fsp3) is 0.294. The van der Waals surface area contributed by atoms with E-state index in [1.807, 2.05) is 25.1 Å². The second-order valence-electron chi connectivity index (χ2n) is 5.89. The standard InChI is InChI=1S/C17H16ClN3O2S3/c1-9-3-4-11(6-13(9)18)5-12-7-19-16(26-12)20-14(22)8-21-15(23)10(2)25-17(21)24/h3-4,6-7,10H,5,8H2,1-2H3,(H,19,20,22). The van der Waals surface area contributed by atoms with Crippen molar-refractivity contribution in [3.8, 4) is 0 Å². The van der Waals surface area contributed by atoms with Crippen LogP contribution in [0, 0.1) is 6.92 Å². The molecule has 1 N–H and O–H groups in total. The molecule has 1 fully saturated rings. The van der Waals surface area contributed by atoms with E-state index in [1.165, 1.54) is 28.0 Å². The first kappa shape index (κ1) is 19.3. The predicted octanol–water partition coefficient (Wildman–Crippen LogP) is 3.88. The summed E-state index contributed by atoms with van der Waals surface area (Å²) in [5, 5.41) is 3.73. The fourth-order valence-electron chi connectivity index (χ4n) is 2.41. The van der Waals surface area contributed by atoms with Crippen molar-refractivity contribution in [3.63, 3.8) is 0 Å². The molecule has 1 aliphatic rings. The smallest absolute Gasteiger partial charge is 0.246 e. The number of thiazole rings is 1. The van der Waals surface area contributed by atoms with Gasteiger partial charge in [0, 0.05) is 22.5 Å². The van der Waals surface area contributed by atoms with Crippen molar-refractivity contribution < 1.29 is 9.59 Å². The van der Waals surface area contributed by atoms with E-state index < -0.39 is 0 Å². The summed E-state index contributed by atoms with van der Waals surface area (Å²) in [6.45, 7) is 3.65. The summed E-state index contributed by atoms with van der Waals surface area (Å²) < 4.78 is 0.439. The number of nitrogens with one attached hydrogen (secondary N) is 1. The van der Waals surface area contributed by atoms with Gasteiger partial charge in [-0.15, -0.1) is 11.3 Å². The SMILES string of the molecule is Cc1ccc(Cc2cnc(NC(=O)CN3C(=O)C(C)SC3=S)s2)cc1Cl. The lowest BCUT2D eigenvalue weighted by molar-refractivity contribution is -0.129. The zero-order valence-corrected chi connectivity index (χ0v) is 17.3. The number of aromatic nitrogens is 1. The molecule has 26 heavy (non-hydrogen) atoms. The number of amides is 2. The molecule has 0 spiro atoms. The van der Waals surface area contributed by atoms with Gasteiger partial charge in [0.25, 0.3) is 0 Å². The van der Waals surface area contributed by atoms with Crippen LogP contribution in [-0.4, -0.2) is 37.8 Å². The number of hydrogen-bond acceptors (Lipinski definition) is 6. The van der Waals surface area contributed by atoms with Crippen molar-refractivity contribution >= 4 is 68.2 Å². The molecule has 0 aliphatic carbocycles. The third-order valence-electron chi connectivity index (χ3n) is 3.83. The summed E-state index contributed by atoms with van der Waals surface area (Å²) in [5.74, 6) is -0.444. The molecule has 0 radical (unpaired) electrons. The highest BCUT2D eigenvalue weighted by molar-refractivity contribution is 8.24. The van der Waals surface area contributed by atoms with E-state index in [2.05, 4.69) is 10.3 Å².